The number of ether oxygens (including phenoxy) is 2. The SMILES string of the molecule is C=CCc1cc(C(=O)Nc2ccc(Br)cc2Cl)cc(OC)c1OC. The van der Waals surface area contributed by atoms with Crippen molar-refractivity contribution in [1.29, 1.82) is 0 Å². The van der Waals surface area contributed by atoms with E-state index in [1.54, 1.807) is 43.5 Å². The van der Waals surface area contributed by atoms with Crippen molar-refractivity contribution in [2.24, 2.45) is 0 Å². The van der Waals surface area contributed by atoms with Crippen LogP contribution < -0.4 is 14.8 Å². The van der Waals surface area contributed by atoms with Gasteiger partial charge in [0.25, 0.3) is 5.91 Å². The lowest BCUT2D eigenvalue weighted by Crippen LogP contribution is -2.13. The molecule has 0 saturated heterocycles. The summed E-state index contributed by atoms with van der Waals surface area (Å²) in [5.41, 5.74) is 1.80. The van der Waals surface area contributed by atoms with Gasteiger partial charge < -0.3 is 14.8 Å². The molecule has 6 heteroatoms. The standard InChI is InChI=1S/C18H17BrClNO3/c1-4-5-11-8-12(9-16(23-2)17(11)24-3)18(22)21-15-7-6-13(19)10-14(15)20/h4,6-10H,1,5H2,2-3H3,(H,21,22). The third-order valence-corrected chi connectivity index (χ3v) is 4.17. The van der Waals surface area contributed by atoms with Gasteiger partial charge in [-0.1, -0.05) is 33.6 Å². The lowest BCUT2D eigenvalue weighted by atomic mass is 10.0. The van der Waals surface area contributed by atoms with Crippen LogP contribution in [0.15, 0.2) is 47.5 Å². The zero-order chi connectivity index (χ0) is 17.7. The maximum Gasteiger partial charge on any atom is 0.255 e. The van der Waals surface area contributed by atoms with Crippen LogP contribution in [-0.2, 0) is 6.42 Å². The Morgan fingerprint density at radius 3 is 2.62 bits per heavy atom. The molecule has 0 saturated carbocycles. The highest BCUT2D eigenvalue weighted by molar-refractivity contribution is 9.10. The molecule has 0 aliphatic carbocycles. The van der Waals surface area contributed by atoms with Gasteiger partial charge in [-0.3, -0.25) is 4.79 Å². The highest BCUT2D eigenvalue weighted by Gasteiger charge is 2.16. The molecule has 0 aromatic heterocycles. The van der Waals surface area contributed by atoms with Crippen LogP contribution in [0.25, 0.3) is 0 Å². The maximum absolute atomic E-state index is 12.6. The molecular formula is C18H17BrClNO3. The van der Waals surface area contributed by atoms with Crippen LogP contribution in [0.5, 0.6) is 11.5 Å². The number of carbonyl (C=O) groups excluding carboxylic acids is 1. The molecule has 0 unspecified atom stereocenters. The molecule has 0 fully saturated rings. The fourth-order valence-corrected chi connectivity index (χ4v) is 2.99. The molecule has 0 radical (unpaired) electrons. The van der Waals surface area contributed by atoms with Crippen LogP contribution in [0.1, 0.15) is 15.9 Å². The monoisotopic (exact) mass is 409 g/mol. The molecule has 0 atom stereocenters. The topological polar surface area (TPSA) is 47.6 Å². The van der Waals surface area contributed by atoms with E-state index >= 15 is 0 Å². The number of hydrogen-bond acceptors (Lipinski definition) is 3. The first-order valence-electron chi connectivity index (χ1n) is 7.12. The van der Waals surface area contributed by atoms with E-state index in [2.05, 4.69) is 27.8 Å². The van der Waals surface area contributed by atoms with Gasteiger partial charge >= 0.3 is 0 Å². The van der Waals surface area contributed by atoms with Gasteiger partial charge in [0.05, 0.1) is 24.9 Å². The van der Waals surface area contributed by atoms with Gasteiger partial charge in [-0.05, 0) is 36.8 Å². The van der Waals surface area contributed by atoms with Crippen LogP contribution in [-0.4, -0.2) is 20.1 Å². The average molecular weight is 411 g/mol. The number of amides is 1. The highest BCUT2D eigenvalue weighted by atomic mass is 79.9. The molecule has 2 aromatic rings. The van der Waals surface area contributed by atoms with E-state index in [-0.39, 0.29) is 5.91 Å². The predicted octanol–water partition coefficient (Wildman–Crippen LogP) is 5.10. The summed E-state index contributed by atoms with van der Waals surface area (Å²) in [5, 5.41) is 3.25. The van der Waals surface area contributed by atoms with E-state index in [4.69, 9.17) is 21.1 Å². The second kappa shape index (κ2) is 8.22. The van der Waals surface area contributed by atoms with Crippen molar-refractivity contribution in [3.05, 3.63) is 63.6 Å². The van der Waals surface area contributed by atoms with Gasteiger partial charge in [0.15, 0.2) is 11.5 Å². The second-order valence-electron chi connectivity index (χ2n) is 4.94. The first-order valence-corrected chi connectivity index (χ1v) is 8.29. The van der Waals surface area contributed by atoms with Gasteiger partial charge in [-0.2, -0.15) is 0 Å². The summed E-state index contributed by atoms with van der Waals surface area (Å²) in [6.45, 7) is 3.73. The molecule has 1 amide bonds. The number of nitrogens with one attached hydrogen (secondary N) is 1. The number of allylic oxidation sites excluding steroid dienone is 1. The average Bonchev–Trinajstić information content (AvgIpc) is 2.56. The van der Waals surface area contributed by atoms with Gasteiger partial charge in [0.2, 0.25) is 0 Å². The summed E-state index contributed by atoms with van der Waals surface area (Å²) in [7, 11) is 3.09. The maximum atomic E-state index is 12.6. The van der Waals surface area contributed by atoms with E-state index in [1.807, 2.05) is 0 Å². The minimum atomic E-state index is -0.287. The van der Waals surface area contributed by atoms with Crippen LogP contribution in [0.2, 0.25) is 5.02 Å². The third kappa shape index (κ3) is 4.10. The molecule has 0 spiro atoms. The molecule has 0 bridgehead atoms. The van der Waals surface area contributed by atoms with Crippen molar-refractivity contribution >= 4 is 39.1 Å². The van der Waals surface area contributed by atoms with Crippen molar-refractivity contribution < 1.29 is 14.3 Å². The smallest absolute Gasteiger partial charge is 0.255 e. The van der Waals surface area contributed by atoms with Crippen molar-refractivity contribution in [2.75, 3.05) is 19.5 Å². The molecule has 1 N–H and O–H groups in total. The quantitative estimate of drug-likeness (QED) is 0.674. The van der Waals surface area contributed by atoms with Crippen LogP contribution >= 0.6 is 27.5 Å². The number of rotatable bonds is 6. The summed E-state index contributed by atoms with van der Waals surface area (Å²) in [4.78, 5) is 12.6. The molecule has 2 rings (SSSR count). The normalized spacial score (nSPS) is 10.2. The molecule has 0 aliphatic heterocycles. The zero-order valence-corrected chi connectivity index (χ0v) is 15.7. The third-order valence-electron chi connectivity index (χ3n) is 3.36. The summed E-state index contributed by atoms with van der Waals surface area (Å²) in [6, 6.07) is 8.64. The first kappa shape index (κ1) is 18.4. The van der Waals surface area contributed by atoms with Gasteiger partial charge in [0, 0.05) is 15.6 Å². The van der Waals surface area contributed by atoms with E-state index in [0.29, 0.717) is 34.2 Å². The van der Waals surface area contributed by atoms with Gasteiger partial charge in [0.1, 0.15) is 0 Å². The van der Waals surface area contributed by atoms with Gasteiger partial charge in [-0.25, -0.2) is 0 Å². The second-order valence-corrected chi connectivity index (χ2v) is 6.26. The van der Waals surface area contributed by atoms with E-state index in [0.717, 1.165) is 10.0 Å². The molecule has 0 heterocycles. The highest BCUT2D eigenvalue weighted by Crippen LogP contribution is 2.34. The number of halogens is 2. The largest absolute Gasteiger partial charge is 0.493 e. The number of hydrogen-bond donors (Lipinski definition) is 1. The molecule has 126 valence electrons. The molecule has 4 nitrogen and oxygen atoms in total. The summed E-state index contributed by atoms with van der Waals surface area (Å²) >= 11 is 9.48. The van der Waals surface area contributed by atoms with Crippen LogP contribution in [0.3, 0.4) is 0 Å². The first-order chi connectivity index (χ1) is 11.5. The Morgan fingerprint density at radius 1 is 1.29 bits per heavy atom. The van der Waals surface area contributed by atoms with Crippen molar-refractivity contribution in [3.63, 3.8) is 0 Å². The van der Waals surface area contributed by atoms with E-state index in [9.17, 15) is 4.79 Å². The summed E-state index contributed by atoms with van der Waals surface area (Å²) in [5.74, 6) is 0.796. The van der Waals surface area contributed by atoms with Crippen LogP contribution in [0, 0.1) is 0 Å². The molecular weight excluding hydrogens is 394 g/mol. The lowest BCUT2D eigenvalue weighted by Gasteiger charge is -2.14. The Bertz CT molecular complexity index is 777. The van der Waals surface area contributed by atoms with E-state index in [1.165, 1.54) is 7.11 Å². The number of benzene rings is 2. The predicted molar refractivity (Wildman–Crippen MR) is 101 cm³/mol. The molecule has 24 heavy (non-hydrogen) atoms. The fraction of sp³-hybridized carbons (Fsp3) is 0.167. The minimum absolute atomic E-state index is 0.287. The molecule has 2 aromatic carbocycles. The zero-order valence-electron chi connectivity index (χ0n) is 13.4. The Morgan fingerprint density at radius 2 is 2.04 bits per heavy atom. The number of methoxy groups -OCH3 is 2. The van der Waals surface area contributed by atoms with Crippen molar-refractivity contribution in [3.8, 4) is 11.5 Å². The Kier molecular flexibility index (Phi) is 6.29. The van der Waals surface area contributed by atoms with Crippen LogP contribution in [0.4, 0.5) is 5.69 Å². The minimum Gasteiger partial charge on any atom is -0.493 e. The number of carbonyl (C=O) groups is 1. The lowest BCUT2D eigenvalue weighted by molar-refractivity contribution is 0.102. The van der Waals surface area contributed by atoms with E-state index < -0.39 is 0 Å². The summed E-state index contributed by atoms with van der Waals surface area (Å²) in [6.07, 6.45) is 2.30. The fourth-order valence-electron chi connectivity index (χ4n) is 2.27. The Balaban J connectivity index is 2.38. The Hall–Kier alpha value is -1.98. The number of anilines is 1. The van der Waals surface area contributed by atoms with Crippen molar-refractivity contribution in [1.82, 2.24) is 0 Å². The molecule has 0 aliphatic rings. The Labute approximate surface area is 154 Å². The van der Waals surface area contributed by atoms with Gasteiger partial charge in [-0.15, -0.1) is 6.58 Å². The van der Waals surface area contributed by atoms with Crippen molar-refractivity contribution in [2.45, 2.75) is 6.42 Å². The summed E-state index contributed by atoms with van der Waals surface area (Å²) < 4.78 is 11.5.